The molecule has 0 saturated carbocycles. The van der Waals surface area contributed by atoms with Gasteiger partial charge in [-0.25, -0.2) is 5.48 Å². The molecule has 5 N–H and O–H groups in total. The van der Waals surface area contributed by atoms with Gasteiger partial charge in [-0.15, -0.1) is 0 Å². The monoisotopic (exact) mass is 570 g/mol. The molecule has 220 valence electrons. The first-order chi connectivity index (χ1) is 20.5. The van der Waals surface area contributed by atoms with E-state index in [9.17, 15) is 19.2 Å². The standard InChI is InChI=1S/C33H38N4O5/c38-30(36-24-18-16-23(17-19-24)33(41)35-20-8-2-1-3-14-31(39)37-42)15-9-21-34-32(40)22-29-27-12-6-4-10-25(27)26-11-5-7-13-28(26)29/h4-7,10-13,16-19,29,42H,1-3,8-9,14-15,20-22H2,(H,34,40)(H,35,41)(H,36,38)(H,37,39). The molecule has 42 heavy (non-hydrogen) atoms. The Morgan fingerprint density at radius 2 is 1.21 bits per heavy atom. The van der Waals surface area contributed by atoms with Crippen LogP contribution in [0.3, 0.4) is 0 Å². The number of benzene rings is 3. The van der Waals surface area contributed by atoms with Crippen LogP contribution in [0.15, 0.2) is 72.8 Å². The van der Waals surface area contributed by atoms with Crippen LogP contribution < -0.4 is 21.4 Å². The fourth-order valence-corrected chi connectivity index (χ4v) is 5.27. The van der Waals surface area contributed by atoms with E-state index in [1.807, 2.05) is 24.3 Å². The predicted octanol–water partition coefficient (Wildman–Crippen LogP) is 4.91. The Bertz CT molecular complexity index is 1340. The van der Waals surface area contributed by atoms with E-state index in [0.717, 1.165) is 19.3 Å². The highest BCUT2D eigenvalue weighted by molar-refractivity contribution is 5.95. The normalized spacial score (nSPS) is 11.7. The van der Waals surface area contributed by atoms with Gasteiger partial charge in [0.1, 0.15) is 0 Å². The molecule has 1 aliphatic rings. The summed E-state index contributed by atoms with van der Waals surface area (Å²) in [7, 11) is 0. The molecule has 4 rings (SSSR count). The van der Waals surface area contributed by atoms with Crippen molar-refractivity contribution < 1.29 is 24.4 Å². The van der Waals surface area contributed by atoms with Crippen molar-refractivity contribution in [3.63, 3.8) is 0 Å². The van der Waals surface area contributed by atoms with Gasteiger partial charge < -0.3 is 16.0 Å². The van der Waals surface area contributed by atoms with E-state index in [1.54, 1.807) is 29.7 Å². The number of fused-ring (bicyclic) bond motifs is 3. The molecule has 0 bridgehead atoms. The fraction of sp³-hybridized carbons (Fsp3) is 0.333. The van der Waals surface area contributed by atoms with Crippen LogP contribution in [0.2, 0.25) is 0 Å². The van der Waals surface area contributed by atoms with E-state index >= 15 is 0 Å². The number of carbonyl (C=O) groups is 4. The van der Waals surface area contributed by atoms with Crippen molar-refractivity contribution in [2.45, 2.75) is 57.3 Å². The largest absolute Gasteiger partial charge is 0.356 e. The summed E-state index contributed by atoms with van der Waals surface area (Å²) in [5, 5.41) is 17.1. The second-order valence-electron chi connectivity index (χ2n) is 10.5. The number of hydrogen-bond acceptors (Lipinski definition) is 5. The van der Waals surface area contributed by atoms with Gasteiger partial charge in [0.25, 0.3) is 5.91 Å². The zero-order valence-corrected chi connectivity index (χ0v) is 23.7. The second-order valence-corrected chi connectivity index (χ2v) is 10.5. The number of hydroxylamine groups is 1. The Balaban J connectivity index is 1.11. The maximum Gasteiger partial charge on any atom is 0.251 e. The van der Waals surface area contributed by atoms with E-state index in [1.165, 1.54) is 22.3 Å². The number of rotatable bonds is 15. The molecule has 0 saturated heterocycles. The van der Waals surface area contributed by atoms with Crippen molar-refractivity contribution >= 4 is 29.3 Å². The molecule has 0 radical (unpaired) electrons. The lowest BCUT2D eigenvalue weighted by atomic mass is 9.93. The van der Waals surface area contributed by atoms with E-state index in [0.29, 0.717) is 43.6 Å². The zero-order chi connectivity index (χ0) is 29.7. The third-order valence-electron chi connectivity index (χ3n) is 7.43. The summed E-state index contributed by atoms with van der Waals surface area (Å²) >= 11 is 0. The van der Waals surface area contributed by atoms with Crippen molar-refractivity contribution in [2.75, 3.05) is 18.4 Å². The van der Waals surface area contributed by atoms with E-state index in [2.05, 4.69) is 40.2 Å². The summed E-state index contributed by atoms with van der Waals surface area (Å²) in [5.41, 5.74) is 7.44. The number of anilines is 1. The van der Waals surface area contributed by atoms with Gasteiger partial charge in [-0.3, -0.25) is 24.4 Å². The van der Waals surface area contributed by atoms with E-state index in [-0.39, 0.29) is 42.4 Å². The quantitative estimate of drug-likeness (QED) is 0.100. The van der Waals surface area contributed by atoms with Crippen LogP contribution >= 0.6 is 0 Å². The Morgan fingerprint density at radius 3 is 1.88 bits per heavy atom. The maximum absolute atomic E-state index is 12.7. The molecule has 0 aliphatic heterocycles. The highest BCUT2D eigenvalue weighted by atomic mass is 16.5. The van der Waals surface area contributed by atoms with Gasteiger partial charge in [0.15, 0.2) is 0 Å². The molecule has 0 atom stereocenters. The summed E-state index contributed by atoms with van der Waals surface area (Å²) in [6.45, 7) is 0.945. The van der Waals surface area contributed by atoms with Gasteiger partial charge >= 0.3 is 0 Å². The summed E-state index contributed by atoms with van der Waals surface area (Å²) in [6.07, 6.45) is 4.63. The lowest BCUT2D eigenvalue weighted by Crippen LogP contribution is -2.27. The number of amides is 4. The van der Waals surface area contributed by atoms with Crippen molar-refractivity contribution in [3.8, 4) is 11.1 Å². The molecule has 0 fully saturated rings. The molecule has 0 aromatic heterocycles. The highest BCUT2D eigenvalue weighted by Gasteiger charge is 2.29. The number of nitrogens with one attached hydrogen (secondary N) is 4. The van der Waals surface area contributed by atoms with Gasteiger partial charge in [-0.1, -0.05) is 61.4 Å². The van der Waals surface area contributed by atoms with E-state index < -0.39 is 0 Å². The van der Waals surface area contributed by atoms with Crippen LogP contribution in [0.5, 0.6) is 0 Å². The molecule has 9 heteroatoms. The lowest BCUT2D eigenvalue weighted by molar-refractivity contribution is -0.129. The summed E-state index contributed by atoms with van der Waals surface area (Å²) in [4.78, 5) is 48.4. The average Bonchev–Trinajstić information content (AvgIpc) is 3.32. The van der Waals surface area contributed by atoms with Gasteiger partial charge in [0, 0.05) is 49.5 Å². The summed E-state index contributed by atoms with van der Waals surface area (Å²) < 4.78 is 0. The molecule has 3 aromatic carbocycles. The van der Waals surface area contributed by atoms with Gasteiger partial charge in [-0.05, 0) is 65.8 Å². The molecule has 9 nitrogen and oxygen atoms in total. The predicted molar refractivity (Wildman–Crippen MR) is 161 cm³/mol. The molecule has 4 amide bonds. The van der Waals surface area contributed by atoms with Gasteiger partial charge in [-0.2, -0.15) is 0 Å². The molecular weight excluding hydrogens is 532 g/mol. The third kappa shape index (κ3) is 8.50. The van der Waals surface area contributed by atoms with Crippen molar-refractivity contribution in [1.29, 1.82) is 0 Å². The van der Waals surface area contributed by atoms with E-state index in [4.69, 9.17) is 5.21 Å². The first kappa shape index (κ1) is 30.5. The highest BCUT2D eigenvalue weighted by Crippen LogP contribution is 2.45. The lowest BCUT2D eigenvalue weighted by Gasteiger charge is -2.13. The van der Waals surface area contributed by atoms with Crippen molar-refractivity contribution in [3.05, 3.63) is 89.5 Å². The number of carbonyl (C=O) groups excluding carboxylic acids is 4. The Kier molecular flexibility index (Phi) is 11.2. The summed E-state index contributed by atoms with van der Waals surface area (Å²) in [6, 6.07) is 23.2. The van der Waals surface area contributed by atoms with Crippen LogP contribution in [0.1, 0.15) is 78.8 Å². The number of unbranched alkanes of at least 4 members (excludes halogenated alkanes) is 3. The fourth-order valence-electron chi connectivity index (χ4n) is 5.27. The molecule has 0 heterocycles. The van der Waals surface area contributed by atoms with Crippen LogP contribution in [0, 0.1) is 0 Å². The Morgan fingerprint density at radius 1 is 0.619 bits per heavy atom. The Labute approximate surface area is 246 Å². The topological polar surface area (TPSA) is 137 Å². The first-order valence-corrected chi connectivity index (χ1v) is 14.5. The minimum Gasteiger partial charge on any atom is -0.356 e. The SMILES string of the molecule is O=C(CCCCCCNC(=O)c1ccc(NC(=O)CCCNC(=O)CC2c3ccccc3-c3ccccc32)cc1)NO. The molecule has 1 aliphatic carbocycles. The summed E-state index contributed by atoms with van der Waals surface area (Å²) in [5.74, 6) is -0.734. The van der Waals surface area contributed by atoms with Gasteiger partial charge in [0.2, 0.25) is 17.7 Å². The number of hydrogen-bond donors (Lipinski definition) is 5. The van der Waals surface area contributed by atoms with Gasteiger partial charge in [0.05, 0.1) is 0 Å². The smallest absolute Gasteiger partial charge is 0.251 e. The van der Waals surface area contributed by atoms with Crippen LogP contribution in [-0.2, 0) is 14.4 Å². The first-order valence-electron chi connectivity index (χ1n) is 14.5. The maximum atomic E-state index is 12.7. The van der Waals surface area contributed by atoms with Crippen molar-refractivity contribution in [2.24, 2.45) is 0 Å². The third-order valence-corrected chi connectivity index (χ3v) is 7.43. The van der Waals surface area contributed by atoms with Crippen LogP contribution in [0.4, 0.5) is 5.69 Å². The Hall–Kier alpha value is -4.50. The van der Waals surface area contributed by atoms with Crippen LogP contribution in [-0.4, -0.2) is 41.9 Å². The average molecular weight is 571 g/mol. The minimum absolute atomic E-state index is 0.0320. The zero-order valence-electron chi connectivity index (χ0n) is 23.7. The second kappa shape index (κ2) is 15.5. The van der Waals surface area contributed by atoms with Crippen molar-refractivity contribution in [1.82, 2.24) is 16.1 Å². The molecular formula is C33H38N4O5. The molecule has 0 unspecified atom stereocenters. The molecule has 3 aromatic rings. The minimum atomic E-state index is -0.389. The van der Waals surface area contributed by atoms with Crippen LogP contribution in [0.25, 0.3) is 11.1 Å². The molecule has 0 spiro atoms.